The molecule has 0 unspecified atom stereocenters. The van der Waals surface area contributed by atoms with E-state index in [9.17, 15) is 0 Å². The molecular weight excluding hydrogens is 198 g/mol. The minimum Gasteiger partial charge on any atom is -0.370 e. The first-order chi connectivity index (χ1) is 7.72. The average molecular weight is 215 g/mol. The first kappa shape index (κ1) is 10.9. The molecule has 84 valence electrons. The van der Waals surface area contributed by atoms with Gasteiger partial charge in [-0.05, 0) is 30.4 Å². The minimum absolute atomic E-state index is 0.426. The first-order valence-corrected chi connectivity index (χ1v) is 5.82. The number of nitrogens with one attached hydrogen (secondary N) is 1. The molecule has 0 saturated heterocycles. The highest BCUT2D eigenvalue weighted by molar-refractivity contribution is 5.39. The molecule has 16 heavy (non-hydrogen) atoms. The molecule has 0 aliphatic heterocycles. The van der Waals surface area contributed by atoms with Gasteiger partial charge >= 0.3 is 0 Å². The molecule has 1 aliphatic rings. The topological polar surface area (TPSA) is 48.7 Å². The maximum Gasteiger partial charge on any atom is 0.125 e. The largest absolute Gasteiger partial charge is 0.370 e. The first-order valence-electron chi connectivity index (χ1n) is 5.82. The fraction of sp³-hybridized carbons (Fsp3) is 0.538. The number of nitriles is 1. The quantitative estimate of drug-likeness (QED) is 0.843. The second kappa shape index (κ2) is 4.52. The Morgan fingerprint density at radius 2 is 2.19 bits per heavy atom. The van der Waals surface area contributed by atoms with E-state index in [0.29, 0.717) is 11.0 Å². The summed E-state index contributed by atoms with van der Waals surface area (Å²) in [5.74, 6) is 0.868. The van der Waals surface area contributed by atoms with E-state index in [0.717, 1.165) is 12.4 Å². The SMILES string of the molecule is CC1(CNc2ccc(C#N)cn2)CCCC1. The van der Waals surface area contributed by atoms with Gasteiger partial charge in [0.15, 0.2) is 0 Å². The Balaban J connectivity index is 1.92. The van der Waals surface area contributed by atoms with Gasteiger partial charge < -0.3 is 5.32 Å². The van der Waals surface area contributed by atoms with Crippen molar-refractivity contribution in [1.29, 1.82) is 5.26 Å². The Morgan fingerprint density at radius 3 is 2.75 bits per heavy atom. The summed E-state index contributed by atoms with van der Waals surface area (Å²) in [5.41, 5.74) is 1.04. The molecule has 0 aromatic carbocycles. The molecular formula is C13H17N3. The van der Waals surface area contributed by atoms with Crippen molar-refractivity contribution in [2.24, 2.45) is 5.41 Å². The summed E-state index contributed by atoms with van der Waals surface area (Å²) in [7, 11) is 0. The number of hydrogen-bond acceptors (Lipinski definition) is 3. The van der Waals surface area contributed by atoms with Crippen molar-refractivity contribution in [3.8, 4) is 6.07 Å². The van der Waals surface area contributed by atoms with Gasteiger partial charge in [-0.15, -0.1) is 0 Å². The number of pyridine rings is 1. The Hall–Kier alpha value is -1.56. The van der Waals surface area contributed by atoms with Gasteiger partial charge in [-0.2, -0.15) is 5.26 Å². The van der Waals surface area contributed by atoms with Crippen LogP contribution in [0.5, 0.6) is 0 Å². The molecule has 1 heterocycles. The van der Waals surface area contributed by atoms with Crippen LogP contribution >= 0.6 is 0 Å². The summed E-state index contributed by atoms with van der Waals surface area (Å²) in [4.78, 5) is 4.21. The van der Waals surface area contributed by atoms with Crippen molar-refractivity contribution in [2.45, 2.75) is 32.6 Å². The zero-order valence-corrected chi connectivity index (χ0v) is 9.66. The molecule has 1 saturated carbocycles. The summed E-state index contributed by atoms with van der Waals surface area (Å²) < 4.78 is 0. The van der Waals surface area contributed by atoms with Crippen molar-refractivity contribution in [3.05, 3.63) is 23.9 Å². The summed E-state index contributed by atoms with van der Waals surface area (Å²) in [6.45, 7) is 3.31. The number of aromatic nitrogens is 1. The minimum atomic E-state index is 0.426. The molecule has 0 spiro atoms. The van der Waals surface area contributed by atoms with Crippen LogP contribution in [0.2, 0.25) is 0 Å². The second-order valence-corrected chi connectivity index (χ2v) is 4.92. The van der Waals surface area contributed by atoms with Gasteiger partial charge in [0.25, 0.3) is 0 Å². The van der Waals surface area contributed by atoms with Crippen LogP contribution < -0.4 is 5.32 Å². The summed E-state index contributed by atoms with van der Waals surface area (Å²) in [6.07, 6.45) is 6.91. The fourth-order valence-corrected chi connectivity index (χ4v) is 2.27. The Kier molecular flexibility index (Phi) is 3.09. The number of hydrogen-bond donors (Lipinski definition) is 1. The van der Waals surface area contributed by atoms with Gasteiger partial charge in [0.1, 0.15) is 11.9 Å². The molecule has 1 aromatic rings. The smallest absolute Gasteiger partial charge is 0.125 e. The van der Waals surface area contributed by atoms with E-state index in [1.165, 1.54) is 25.7 Å². The summed E-state index contributed by atoms with van der Waals surface area (Å²) >= 11 is 0. The monoisotopic (exact) mass is 215 g/mol. The molecule has 2 rings (SSSR count). The maximum atomic E-state index is 8.66. The van der Waals surface area contributed by atoms with E-state index in [2.05, 4.69) is 23.3 Å². The lowest BCUT2D eigenvalue weighted by Crippen LogP contribution is -2.23. The highest BCUT2D eigenvalue weighted by atomic mass is 15.0. The van der Waals surface area contributed by atoms with E-state index in [4.69, 9.17) is 5.26 Å². The van der Waals surface area contributed by atoms with E-state index in [1.54, 1.807) is 12.3 Å². The Labute approximate surface area is 96.5 Å². The van der Waals surface area contributed by atoms with Gasteiger partial charge in [0, 0.05) is 12.7 Å². The molecule has 0 atom stereocenters. The van der Waals surface area contributed by atoms with Crippen LogP contribution in [0.15, 0.2) is 18.3 Å². The van der Waals surface area contributed by atoms with Gasteiger partial charge in [0.2, 0.25) is 0 Å². The molecule has 1 fully saturated rings. The van der Waals surface area contributed by atoms with Crippen LogP contribution in [-0.2, 0) is 0 Å². The van der Waals surface area contributed by atoms with E-state index in [1.807, 2.05) is 6.07 Å². The standard InChI is InChI=1S/C13H17N3/c1-13(6-2-3-7-13)10-16-12-5-4-11(8-14)9-15-12/h4-5,9H,2-3,6-7,10H2,1H3,(H,15,16). The van der Waals surface area contributed by atoms with E-state index < -0.39 is 0 Å². The van der Waals surface area contributed by atoms with Crippen molar-refractivity contribution < 1.29 is 0 Å². The van der Waals surface area contributed by atoms with Crippen LogP contribution in [0.4, 0.5) is 5.82 Å². The lowest BCUT2D eigenvalue weighted by Gasteiger charge is -2.23. The molecule has 0 amide bonds. The maximum absolute atomic E-state index is 8.66. The molecule has 1 N–H and O–H groups in total. The van der Waals surface area contributed by atoms with Gasteiger partial charge in [-0.3, -0.25) is 0 Å². The number of nitrogens with zero attached hydrogens (tertiary/aromatic N) is 2. The zero-order valence-electron chi connectivity index (χ0n) is 9.66. The third-order valence-corrected chi connectivity index (χ3v) is 3.40. The third-order valence-electron chi connectivity index (χ3n) is 3.40. The molecule has 1 aromatic heterocycles. The summed E-state index contributed by atoms with van der Waals surface area (Å²) in [6, 6.07) is 5.74. The predicted octanol–water partition coefficient (Wildman–Crippen LogP) is 2.95. The van der Waals surface area contributed by atoms with Gasteiger partial charge in [-0.1, -0.05) is 19.8 Å². The molecule has 1 aliphatic carbocycles. The van der Waals surface area contributed by atoms with Crippen molar-refractivity contribution in [2.75, 3.05) is 11.9 Å². The highest BCUT2D eigenvalue weighted by Crippen LogP contribution is 2.37. The van der Waals surface area contributed by atoms with Crippen LogP contribution in [0.1, 0.15) is 38.2 Å². The third kappa shape index (κ3) is 2.52. The lowest BCUT2D eigenvalue weighted by atomic mass is 9.89. The van der Waals surface area contributed by atoms with Crippen molar-refractivity contribution >= 4 is 5.82 Å². The summed E-state index contributed by atoms with van der Waals surface area (Å²) in [5, 5.41) is 12.0. The van der Waals surface area contributed by atoms with Crippen molar-refractivity contribution in [3.63, 3.8) is 0 Å². The fourth-order valence-electron chi connectivity index (χ4n) is 2.27. The molecule has 0 radical (unpaired) electrons. The van der Waals surface area contributed by atoms with Crippen LogP contribution in [0, 0.1) is 16.7 Å². The predicted molar refractivity (Wildman–Crippen MR) is 64.0 cm³/mol. The second-order valence-electron chi connectivity index (χ2n) is 4.92. The van der Waals surface area contributed by atoms with E-state index >= 15 is 0 Å². The Morgan fingerprint density at radius 1 is 1.44 bits per heavy atom. The molecule has 0 bridgehead atoms. The van der Waals surface area contributed by atoms with Crippen LogP contribution in [0.25, 0.3) is 0 Å². The Bertz CT molecular complexity index is 383. The van der Waals surface area contributed by atoms with Crippen LogP contribution in [0.3, 0.4) is 0 Å². The normalized spacial score (nSPS) is 18.0. The van der Waals surface area contributed by atoms with E-state index in [-0.39, 0.29) is 0 Å². The zero-order chi connectivity index (χ0) is 11.4. The molecule has 3 heteroatoms. The number of anilines is 1. The van der Waals surface area contributed by atoms with Gasteiger partial charge in [0.05, 0.1) is 5.56 Å². The number of rotatable bonds is 3. The average Bonchev–Trinajstić information content (AvgIpc) is 2.75. The van der Waals surface area contributed by atoms with Gasteiger partial charge in [-0.25, -0.2) is 4.98 Å². The highest BCUT2D eigenvalue weighted by Gasteiger charge is 2.28. The molecule has 3 nitrogen and oxygen atoms in total. The lowest BCUT2D eigenvalue weighted by molar-refractivity contribution is 0.361. The van der Waals surface area contributed by atoms with Crippen LogP contribution in [-0.4, -0.2) is 11.5 Å². The van der Waals surface area contributed by atoms with Crippen molar-refractivity contribution in [1.82, 2.24) is 4.98 Å².